The maximum Gasteiger partial charge on any atom is 0.264 e. The second-order valence-electron chi connectivity index (χ2n) is 7.76. The molecule has 4 rings (SSSR count). The van der Waals surface area contributed by atoms with E-state index in [2.05, 4.69) is 15.3 Å². The molecule has 0 spiro atoms. The molecule has 148 valence electrons. The van der Waals surface area contributed by atoms with Crippen LogP contribution in [0.2, 0.25) is 0 Å². The maximum absolute atomic E-state index is 14.6. The Kier molecular flexibility index (Phi) is 6.19. The Morgan fingerprint density at radius 3 is 2.59 bits per heavy atom. The van der Waals surface area contributed by atoms with Gasteiger partial charge in [-0.2, -0.15) is 0 Å². The molecule has 4 nitrogen and oxygen atoms in total. The number of ether oxygens (including phenoxy) is 1. The summed E-state index contributed by atoms with van der Waals surface area (Å²) >= 11 is 3.21. The number of piperidine rings is 1. The molecule has 0 unspecified atom stereocenters. The van der Waals surface area contributed by atoms with Crippen molar-refractivity contribution < 1.29 is 13.9 Å². The van der Waals surface area contributed by atoms with E-state index >= 15 is 0 Å². The quantitative estimate of drug-likeness (QED) is 0.634. The lowest BCUT2D eigenvalue weighted by Gasteiger charge is -2.30. The molecule has 2 aliphatic carbocycles. The molecule has 3 aliphatic rings. The first-order valence-corrected chi connectivity index (χ1v) is 11.9. The van der Waals surface area contributed by atoms with Crippen molar-refractivity contribution in [1.82, 2.24) is 9.03 Å². The van der Waals surface area contributed by atoms with E-state index in [1.807, 2.05) is 0 Å². The molecular formula is C20H27FN2O2S2. The van der Waals surface area contributed by atoms with Crippen molar-refractivity contribution in [2.75, 3.05) is 26.0 Å². The highest BCUT2D eigenvalue weighted by atomic mass is 32.2. The van der Waals surface area contributed by atoms with Crippen LogP contribution >= 0.6 is 23.9 Å². The minimum atomic E-state index is -0.486. The van der Waals surface area contributed by atoms with E-state index in [0.717, 1.165) is 57.2 Å². The van der Waals surface area contributed by atoms with Gasteiger partial charge >= 0.3 is 0 Å². The molecule has 1 aliphatic heterocycles. The van der Waals surface area contributed by atoms with Gasteiger partial charge in [0, 0.05) is 24.4 Å². The Labute approximate surface area is 169 Å². The fourth-order valence-electron chi connectivity index (χ4n) is 3.43. The summed E-state index contributed by atoms with van der Waals surface area (Å²) in [5.41, 5.74) is 1.14. The zero-order chi connectivity index (χ0) is 18.8. The van der Waals surface area contributed by atoms with Crippen molar-refractivity contribution in [3.63, 3.8) is 0 Å². The number of amides is 1. The standard InChI is InChI=1S/C20H27FN2O2S2/c1-26-23-8-6-13(7-9-23)12-25-19-11-18(21)17(10-16(19)14-2-3-14)20(24)22-27-15-4-5-15/h10-11,13-15H,2-9,12H2,1H3,(H,22,24). The smallest absolute Gasteiger partial charge is 0.264 e. The molecule has 1 aromatic carbocycles. The van der Waals surface area contributed by atoms with Crippen molar-refractivity contribution in [2.45, 2.75) is 49.7 Å². The number of hydrogen-bond donors (Lipinski definition) is 1. The largest absolute Gasteiger partial charge is 0.493 e. The van der Waals surface area contributed by atoms with Gasteiger partial charge in [0.25, 0.3) is 5.91 Å². The SMILES string of the molecule is CSN1CCC(COc2cc(F)c(C(=O)NSC3CC3)cc2C2CC2)CC1. The number of rotatable bonds is 8. The zero-order valence-corrected chi connectivity index (χ0v) is 17.3. The van der Waals surface area contributed by atoms with Gasteiger partial charge in [0.2, 0.25) is 0 Å². The van der Waals surface area contributed by atoms with E-state index in [9.17, 15) is 9.18 Å². The highest BCUT2D eigenvalue weighted by Crippen LogP contribution is 2.45. The third-order valence-corrected chi connectivity index (χ3v) is 7.50. The number of nitrogens with one attached hydrogen (secondary N) is 1. The molecule has 0 aromatic heterocycles. The third kappa shape index (κ3) is 5.12. The molecule has 1 heterocycles. The molecule has 1 saturated heterocycles. The molecule has 7 heteroatoms. The maximum atomic E-state index is 14.6. The van der Waals surface area contributed by atoms with Gasteiger partial charge in [-0.15, -0.1) is 0 Å². The van der Waals surface area contributed by atoms with E-state index in [1.165, 1.54) is 18.0 Å². The summed E-state index contributed by atoms with van der Waals surface area (Å²) in [6.07, 6.45) is 8.77. The summed E-state index contributed by atoms with van der Waals surface area (Å²) in [5, 5.41) is 0.500. The number of benzene rings is 1. The molecule has 1 aromatic rings. The van der Waals surface area contributed by atoms with Gasteiger partial charge in [-0.1, -0.05) is 11.9 Å². The number of nitrogens with zero attached hydrogens (tertiary/aromatic N) is 1. The Morgan fingerprint density at radius 2 is 1.96 bits per heavy atom. The van der Waals surface area contributed by atoms with Crippen molar-refractivity contribution in [3.05, 3.63) is 29.1 Å². The first kappa shape index (κ1) is 19.4. The lowest BCUT2D eigenvalue weighted by atomic mass is 9.99. The van der Waals surface area contributed by atoms with Gasteiger partial charge < -0.3 is 4.74 Å². The van der Waals surface area contributed by atoms with E-state index in [4.69, 9.17) is 4.74 Å². The molecule has 0 bridgehead atoms. The minimum absolute atomic E-state index is 0.144. The van der Waals surface area contributed by atoms with E-state index < -0.39 is 5.82 Å². The van der Waals surface area contributed by atoms with Crippen LogP contribution in [0.25, 0.3) is 0 Å². The van der Waals surface area contributed by atoms with Crippen LogP contribution < -0.4 is 9.46 Å². The second-order valence-corrected chi connectivity index (χ2v) is 9.75. The van der Waals surface area contributed by atoms with E-state index in [1.54, 1.807) is 18.0 Å². The van der Waals surface area contributed by atoms with Crippen LogP contribution in [0.1, 0.15) is 60.4 Å². The highest BCUT2D eigenvalue weighted by molar-refractivity contribution is 7.98. The van der Waals surface area contributed by atoms with Gasteiger partial charge in [0.1, 0.15) is 11.6 Å². The first-order valence-electron chi connectivity index (χ1n) is 9.85. The average Bonchev–Trinajstić information content (AvgIpc) is 3.58. The normalized spacial score (nSPS) is 21.3. The summed E-state index contributed by atoms with van der Waals surface area (Å²) in [6, 6.07) is 3.16. The molecule has 1 N–H and O–H groups in total. The summed E-state index contributed by atoms with van der Waals surface area (Å²) in [6.45, 7) is 2.79. The van der Waals surface area contributed by atoms with Crippen molar-refractivity contribution in [3.8, 4) is 5.75 Å². The highest BCUT2D eigenvalue weighted by Gasteiger charge is 2.30. The summed E-state index contributed by atoms with van der Waals surface area (Å²) < 4.78 is 25.8. The van der Waals surface area contributed by atoms with Crippen LogP contribution in [0.15, 0.2) is 12.1 Å². The fourth-order valence-corrected chi connectivity index (χ4v) is 4.76. The number of carbonyl (C=O) groups is 1. The number of halogens is 1. The molecular weight excluding hydrogens is 383 g/mol. The van der Waals surface area contributed by atoms with Crippen LogP contribution in [0.4, 0.5) is 4.39 Å². The van der Waals surface area contributed by atoms with Crippen molar-refractivity contribution >= 4 is 29.8 Å². The average molecular weight is 411 g/mol. The van der Waals surface area contributed by atoms with Gasteiger partial charge in [-0.05, 0) is 80.2 Å². The third-order valence-electron chi connectivity index (χ3n) is 5.51. The first-order chi connectivity index (χ1) is 13.1. The Balaban J connectivity index is 1.41. The molecule has 1 amide bonds. The van der Waals surface area contributed by atoms with E-state index in [-0.39, 0.29) is 11.5 Å². The molecule has 0 radical (unpaired) electrons. The molecule has 0 atom stereocenters. The van der Waals surface area contributed by atoms with Gasteiger partial charge in [0.05, 0.1) is 12.2 Å². The Morgan fingerprint density at radius 1 is 1.22 bits per heavy atom. The minimum Gasteiger partial charge on any atom is -0.493 e. The molecule has 3 fully saturated rings. The van der Waals surface area contributed by atoms with Crippen molar-refractivity contribution in [2.24, 2.45) is 5.92 Å². The lowest BCUT2D eigenvalue weighted by Crippen LogP contribution is -2.31. The Bertz CT molecular complexity index is 687. The monoisotopic (exact) mass is 410 g/mol. The second kappa shape index (κ2) is 8.62. The summed E-state index contributed by atoms with van der Waals surface area (Å²) in [4.78, 5) is 12.3. The topological polar surface area (TPSA) is 41.6 Å². The summed E-state index contributed by atoms with van der Waals surface area (Å²) in [5.74, 6) is 0.736. The van der Waals surface area contributed by atoms with Gasteiger partial charge in [0.15, 0.2) is 0 Å². The van der Waals surface area contributed by atoms with Crippen LogP contribution in [-0.4, -0.2) is 41.4 Å². The fraction of sp³-hybridized carbons (Fsp3) is 0.650. The van der Waals surface area contributed by atoms with Crippen LogP contribution in [0.3, 0.4) is 0 Å². The van der Waals surface area contributed by atoms with Crippen LogP contribution in [0, 0.1) is 11.7 Å². The van der Waals surface area contributed by atoms with Gasteiger partial charge in [-0.25, -0.2) is 4.39 Å². The lowest BCUT2D eigenvalue weighted by molar-refractivity contribution is 0.0980. The van der Waals surface area contributed by atoms with Gasteiger partial charge in [-0.3, -0.25) is 13.8 Å². The summed E-state index contributed by atoms with van der Waals surface area (Å²) in [7, 11) is 0. The van der Waals surface area contributed by atoms with Crippen LogP contribution in [-0.2, 0) is 0 Å². The predicted octanol–water partition coefficient (Wildman–Crippen LogP) is 4.61. The molecule has 27 heavy (non-hydrogen) atoms. The van der Waals surface area contributed by atoms with Crippen LogP contribution in [0.5, 0.6) is 5.75 Å². The molecule has 2 saturated carbocycles. The Hall–Kier alpha value is -0.920. The predicted molar refractivity (Wildman–Crippen MR) is 110 cm³/mol. The van der Waals surface area contributed by atoms with E-state index in [0.29, 0.717) is 29.4 Å². The van der Waals surface area contributed by atoms with Crippen molar-refractivity contribution in [1.29, 1.82) is 0 Å². The number of carbonyl (C=O) groups excluding carboxylic acids is 1. The number of hydrogen-bond acceptors (Lipinski definition) is 5. The zero-order valence-electron chi connectivity index (χ0n) is 15.7.